The maximum atomic E-state index is 14.1. The Labute approximate surface area is 257 Å². The van der Waals surface area contributed by atoms with E-state index in [4.69, 9.17) is 27.9 Å². The molecule has 4 rings (SSSR count). The second-order valence-corrected chi connectivity index (χ2v) is 13.0. The van der Waals surface area contributed by atoms with Gasteiger partial charge in [0.25, 0.3) is 10.0 Å². The predicted octanol–water partition coefficient (Wildman–Crippen LogP) is 6.06. The first kappa shape index (κ1) is 31.7. The van der Waals surface area contributed by atoms with E-state index in [0.717, 1.165) is 36.4 Å². The number of para-hydroxylation sites is 1. The number of benzene rings is 3. The maximum Gasteiger partial charge on any atom is 0.264 e. The number of ether oxygens (including phenoxy) is 1. The molecule has 1 N–H and O–H groups in total. The normalized spacial score (nSPS) is 14.6. The number of halogens is 2. The Morgan fingerprint density at radius 3 is 2.24 bits per heavy atom. The van der Waals surface area contributed by atoms with Crippen LogP contribution in [0.25, 0.3) is 0 Å². The SMILES string of the molecule is COc1ccc(S(=O)(=O)N(CC(=O)N(Cc2ccc(Cl)c(Cl)c2)[C@@H](C)C(=O)NC2CCCCC2)c2ccccc2)cc1. The van der Waals surface area contributed by atoms with E-state index in [0.29, 0.717) is 27.0 Å². The zero-order chi connectivity index (χ0) is 30.3. The summed E-state index contributed by atoms with van der Waals surface area (Å²) in [5.74, 6) is -0.338. The molecule has 42 heavy (non-hydrogen) atoms. The van der Waals surface area contributed by atoms with E-state index < -0.39 is 28.5 Å². The van der Waals surface area contributed by atoms with Crippen LogP contribution in [-0.2, 0) is 26.2 Å². The molecule has 8 nitrogen and oxygen atoms in total. The van der Waals surface area contributed by atoms with E-state index in [-0.39, 0.29) is 23.4 Å². The topological polar surface area (TPSA) is 96.0 Å². The number of rotatable bonds is 11. The molecule has 0 unspecified atom stereocenters. The number of amides is 2. The van der Waals surface area contributed by atoms with E-state index in [9.17, 15) is 18.0 Å². The molecular weight excluding hydrogens is 597 g/mol. The van der Waals surface area contributed by atoms with E-state index >= 15 is 0 Å². The fourth-order valence-electron chi connectivity index (χ4n) is 4.98. The number of anilines is 1. The Morgan fingerprint density at radius 2 is 1.62 bits per heavy atom. The van der Waals surface area contributed by atoms with Crippen LogP contribution in [0, 0.1) is 0 Å². The molecule has 0 bridgehead atoms. The summed E-state index contributed by atoms with van der Waals surface area (Å²) in [6, 6.07) is 18.5. The second-order valence-electron chi connectivity index (χ2n) is 10.3. The van der Waals surface area contributed by atoms with Gasteiger partial charge < -0.3 is 15.0 Å². The number of hydrogen-bond acceptors (Lipinski definition) is 5. The molecule has 224 valence electrons. The highest BCUT2D eigenvalue weighted by molar-refractivity contribution is 7.92. The van der Waals surface area contributed by atoms with Gasteiger partial charge in [0.1, 0.15) is 18.3 Å². The molecule has 0 radical (unpaired) electrons. The lowest BCUT2D eigenvalue weighted by Crippen LogP contribution is -2.53. The zero-order valence-electron chi connectivity index (χ0n) is 23.6. The molecule has 0 aliphatic heterocycles. The summed E-state index contributed by atoms with van der Waals surface area (Å²) in [6.07, 6.45) is 5.00. The molecule has 2 amide bonds. The van der Waals surface area contributed by atoms with Crippen molar-refractivity contribution in [3.05, 3.63) is 88.4 Å². The molecule has 11 heteroatoms. The molecular formula is C31H35Cl2N3O5S. The number of nitrogens with zero attached hydrogens (tertiary/aromatic N) is 2. The Morgan fingerprint density at radius 1 is 0.952 bits per heavy atom. The van der Waals surface area contributed by atoms with Gasteiger partial charge in [-0.05, 0) is 73.9 Å². The summed E-state index contributed by atoms with van der Waals surface area (Å²) in [5.41, 5.74) is 0.967. The Balaban J connectivity index is 1.67. The summed E-state index contributed by atoms with van der Waals surface area (Å²) in [7, 11) is -2.68. The fourth-order valence-corrected chi connectivity index (χ4v) is 6.72. The second kappa shape index (κ2) is 14.3. The van der Waals surface area contributed by atoms with Crippen molar-refractivity contribution in [3.8, 4) is 5.75 Å². The molecule has 0 heterocycles. The van der Waals surface area contributed by atoms with Crippen LogP contribution in [0.4, 0.5) is 5.69 Å². The van der Waals surface area contributed by atoms with Crippen LogP contribution in [0.5, 0.6) is 5.75 Å². The van der Waals surface area contributed by atoms with Crippen LogP contribution < -0.4 is 14.4 Å². The third-order valence-corrected chi connectivity index (χ3v) is 9.95. The van der Waals surface area contributed by atoms with Crippen molar-refractivity contribution in [1.82, 2.24) is 10.2 Å². The highest BCUT2D eigenvalue weighted by atomic mass is 35.5. The van der Waals surface area contributed by atoms with Crippen molar-refractivity contribution in [3.63, 3.8) is 0 Å². The van der Waals surface area contributed by atoms with Crippen LogP contribution in [0.3, 0.4) is 0 Å². The van der Waals surface area contributed by atoms with Gasteiger partial charge >= 0.3 is 0 Å². The standard InChI is InChI=1S/C31H35Cl2N3O5S/c1-22(31(38)34-24-9-5-3-6-10-24)35(20-23-13-18-28(32)29(33)19-23)30(37)21-36(25-11-7-4-8-12-25)42(39,40)27-16-14-26(41-2)15-17-27/h4,7-8,11-19,22,24H,3,5-6,9-10,20-21H2,1-2H3,(H,34,38)/t22-/m0/s1. The average Bonchev–Trinajstić information content (AvgIpc) is 3.00. The lowest BCUT2D eigenvalue weighted by molar-refractivity contribution is -0.139. The largest absolute Gasteiger partial charge is 0.497 e. The smallest absolute Gasteiger partial charge is 0.264 e. The molecule has 0 spiro atoms. The molecule has 0 saturated heterocycles. The summed E-state index contributed by atoms with van der Waals surface area (Å²) in [4.78, 5) is 28.9. The van der Waals surface area contributed by atoms with E-state index in [2.05, 4.69) is 5.32 Å². The minimum absolute atomic E-state index is 0.000855. The van der Waals surface area contributed by atoms with Crippen LogP contribution in [0.1, 0.15) is 44.6 Å². The average molecular weight is 633 g/mol. The first-order valence-electron chi connectivity index (χ1n) is 13.9. The van der Waals surface area contributed by atoms with Crippen LogP contribution >= 0.6 is 23.2 Å². The molecule has 3 aromatic rings. The van der Waals surface area contributed by atoms with Gasteiger partial charge in [-0.25, -0.2) is 8.42 Å². The summed E-state index contributed by atoms with van der Waals surface area (Å²) < 4.78 is 34.0. The van der Waals surface area contributed by atoms with Gasteiger partial charge in [-0.3, -0.25) is 13.9 Å². The van der Waals surface area contributed by atoms with Crippen molar-refractivity contribution >= 4 is 50.7 Å². The molecule has 1 saturated carbocycles. The lowest BCUT2D eigenvalue weighted by Gasteiger charge is -2.33. The predicted molar refractivity (Wildman–Crippen MR) is 165 cm³/mol. The molecule has 3 aromatic carbocycles. The van der Waals surface area contributed by atoms with E-state index in [1.54, 1.807) is 67.6 Å². The van der Waals surface area contributed by atoms with Crippen LogP contribution in [-0.4, -0.2) is 50.9 Å². The van der Waals surface area contributed by atoms with E-state index in [1.807, 2.05) is 0 Å². The number of hydrogen-bond donors (Lipinski definition) is 1. The molecule has 1 aliphatic carbocycles. The fraction of sp³-hybridized carbons (Fsp3) is 0.355. The monoisotopic (exact) mass is 631 g/mol. The number of carbonyl (C=O) groups excluding carboxylic acids is 2. The third-order valence-electron chi connectivity index (χ3n) is 7.43. The van der Waals surface area contributed by atoms with Crippen LogP contribution in [0.2, 0.25) is 10.0 Å². The zero-order valence-corrected chi connectivity index (χ0v) is 26.0. The first-order valence-corrected chi connectivity index (χ1v) is 16.1. The van der Waals surface area contributed by atoms with Gasteiger partial charge in [-0.1, -0.05) is 66.7 Å². The third kappa shape index (κ3) is 7.76. The van der Waals surface area contributed by atoms with Gasteiger partial charge in [0.15, 0.2) is 0 Å². The first-order chi connectivity index (χ1) is 20.1. The van der Waals surface area contributed by atoms with Crippen molar-refractivity contribution in [1.29, 1.82) is 0 Å². The maximum absolute atomic E-state index is 14.1. The Kier molecular flexibility index (Phi) is 10.8. The molecule has 0 aromatic heterocycles. The minimum atomic E-state index is -4.17. The number of sulfonamides is 1. The summed E-state index contributed by atoms with van der Waals surface area (Å²) in [5, 5.41) is 3.77. The van der Waals surface area contributed by atoms with Crippen molar-refractivity contribution < 1.29 is 22.7 Å². The van der Waals surface area contributed by atoms with Gasteiger partial charge in [0.2, 0.25) is 11.8 Å². The summed E-state index contributed by atoms with van der Waals surface area (Å²) >= 11 is 12.4. The van der Waals surface area contributed by atoms with E-state index in [1.165, 1.54) is 24.1 Å². The van der Waals surface area contributed by atoms with Crippen molar-refractivity contribution in [2.75, 3.05) is 18.0 Å². The van der Waals surface area contributed by atoms with Crippen molar-refractivity contribution in [2.24, 2.45) is 0 Å². The summed E-state index contributed by atoms with van der Waals surface area (Å²) in [6.45, 7) is 1.15. The highest BCUT2D eigenvalue weighted by Crippen LogP contribution is 2.27. The van der Waals surface area contributed by atoms with Gasteiger partial charge in [-0.15, -0.1) is 0 Å². The quantitative estimate of drug-likeness (QED) is 0.277. The lowest BCUT2D eigenvalue weighted by atomic mass is 9.95. The Hall–Kier alpha value is -3.27. The van der Waals surface area contributed by atoms with Crippen LogP contribution in [0.15, 0.2) is 77.7 Å². The van der Waals surface area contributed by atoms with Gasteiger partial charge in [0.05, 0.1) is 27.7 Å². The minimum Gasteiger partial charge on any atom is -0.497 e. The Bertz CT molecular complexity index is 1480. The highest BCUT2D eigenvalue weighted by Gasteiger charge is 2.33. The van der Waals surface area contributed by atoms with Gasteiger partial charge in [0, 0.05) is 12.6 Å². The molecule has 1 atom stereocenters. The molecule has 1 fully saturated rings. The number of methoxy groups -OCH3 is 1. The van der Waals surface area contributed by atoms with Crippen molar-refractivity contribution in [2.45, 2.75) is 62.6 Å². The number of carbonyl (C=O) groups is 2. The van der Waals surface area contributed by atoms with Gasteiger partial charge in [-0.2, -0.15) is 0 Å². The molecule has 1 aliphatic rings. The number of nitrogens with one attached hydrogen (secondary N) is 1.